The Morgan fingerprint density at radius 3 is 2.64 bits per heavy atom. The van der Waals surface area contributed by atoms with Gasteiger partial charge in [-0.15, -0.1) is 10.2 Å². The maximum Gasteiger partial charge on any atom is 0.406 e. The van der Waals surface area contributed by atoms with Crippen LogP contribution in [0.2, 0.25) is 5.02 Å². The fourth-order valence-corrected chi connectivity index (χ4v) is 4.61. The number of anilines is 1. The first-order valence-electron chi connectivity index (χ1n) is 10.3. The number of amides is 1. The molecule has 0 radical (unpaired) electrons. The van der Waals surface area contributed by atoms with Crippen molar-refractivity contribution in [3.8, 4) is 5.69 Å². The SMILES string of the molecule is O=C(CSc1nnc(N2CCCC2)n1-c1cccc(Cl)c1)N(Cc1ccco1)CC(F)(F)F. The van der Waals surface area contributed by atoms with Gasteiger partial charge in [-0.05, 0) is 43.2 Å². The molecule has 0 saturated carbocycles. The first kappa shape index (κ1) is 23.5. The molecule has 0 spiro atoms. The molecule has 176 valence electrons. The van der Waals surface area contributed by atoms with Crippen LogP contribution in [0.3, 0.4) is 0 Å². The van der Waals surface area contributed by atoms with E-state index in [0.29, 0.717) is 21.8 Å². The average molecular weight is 500 g/mol. The molecule has 2 aromatic heterocycles. The minimum absolute atomic E-state index is 0.241. The topological polar surface area (TPSA) is 67.4 Å². The molecule has 1 amide bonds. The molecule has 1 aliphatic rings. The molecule has 3 aromatic rings. The highest BCUT2D eigenvalue weighted by molar-refractivity contribution is 7.99. The van der Waals surface area contributed by atoms with Gasteiger partial charge in [0.15, 0.2) is 5.16 Å². The minimum Gasteiger partial charge on any atom is -0.467 e. The highest BCUT2D eigenvalue weighted by Crippen LogP contribution is 2.30. The molecular weight excluding hydrogens is 479 g/mol. The summed E-state index contributed by atoms with van der Waals surface area (Å²) in [6, 6.07) is 10.2. The molecule has 33 heavy (non-hydrogen) atoms. The Labute approximate surface area is 197 Å². The van der Waals surface area contributed by atoms with Crippen molar-refractivity contribution in [2.75, 3.05) is 30.3 Å². The van der Waals surface area contributed by atoms with Gasteiger partial charge < -0.3 is 14.2 Å². The first-order chi connectivity index (χ1) is 15.8. The van der Waals surface area contributed by atoms with Crippen molar-refractivity contribution in [2.24, 2.45) is 0 Å². The molecule has 7 nitrogen and oxygen atoms in total. The quantitative estimate of drug-likeness (QED) is 0.415. The van der Waals surface area contributed by atoms with Gasteiger partial charge in [0.05, 0.1) is 24.2 Å². The number of nitrogens with zero attached hydrogens (tertiary/aromatic N) is 5. The van der Waals surface area contributed by atoms with Gasteiger partial charge in [0.25, 0.3) is 0 Å². The summed E-state index contributed by atoms with van der Waals surface area (Å²) in [5, 5.41) is 9.45. The number of carbonyl (C=O) groups excluding carboxylic acids is 1. The predicted molar refractivity (Wildman–Crippen MR) is 119 cm³/mol. The number of alkyl halides is 3. The third kappa shape index (κ3) is 6.02. The molecule has 1 saturated heterocycles. The lowest BCUT2D eigenvalue weighted by Crippen LogP contribution is -2.39. The van der Waals surface area contributed by atoms with Gasteiger partial charge in [-0.25, -0.2) is 0 Å². The van der Waals surface area contributed by atoms with Crippen molar-refractivity contribution in [1.29, 1.82) is 0 Å². The van der Waals surface area contributed by atoms with Crippen LogP contribution < -0.4 is 4.90 Å². The third-order valence-corrected chi connectivity index (χ3v) is 6.19. The largest absolute Gasteiger partial charge is 0.467 e. The zero-order chi connectivity index (χ0) is 23.4. The van der Waals surface area contributed by atoms with Crippen molar-refractivity contribution in [3.63, 3.8) is 0 Å². The Kier molecular flexibility index (Phi) is 7.18. The van der Waals surface area contributed by atoms with Gasteiger partial charge in [0, 0.05) is 18.1 Å². The van der Waals surface area contributed by atoms with Crippen LogP contribution in [0.5, 0.6) is 0 Å². The predicted octanol–water partition coefficient (Wildman–Crippen LogP) is 4.80. The molecule has 0 N–H and O–H groups in total. The Hall–Kier alpha value is -2.66. The van der Waals surface area contributed by atoms with E-state index >= 15 is 0 Å². The summed E-state index contributed by atoms with van der Waals surface area (Å²) in [5.74, 6) is -0.0317. The number of benzene rings is 1. The van der Waals surface area contributed by atoms with E-state index < -0.39 is 18.6 Å². The molecule has 3 heterocycles. The Balaban J connectivity index is 1.55. The normalized spacial score (nSPS) is 14.1. The van der Waals surface area contributed by atoms with Gasteiger partial charge in [0.1, 0.15) is 12.3 Å². The monoisotopic (exact) mass is 499 g/mol. The summed E-state index contributed by atoms with van der Waals surface area (Å²) in [6.07, 6.45) is -1.12. The number of thioether (sulfide) groups is 1. The van der Waals surface area contributed by atoms with Crippen LogP contribution in [0.1, 0.15) is 18.6 Å². The minimum atomic E-state index is -4.53. The van der Waals surface area contributed by atoms with E-state index in [-0.39, 0.29) is 18.1 Å². The van der Waals surface area contributed by atoms with Crippen molar-refractivity contribution >= 4 is 35.2 Å². The maximum atomic E-state index is 13.1. The smallest absolute Gasteiger partial charge is 0.406 e. The van der Waals surface area contributed by atoms with Crippen LogP contribution >= 0.6 is 23.4 Å². The third-order valence-electron chi connectivity index (χ3n) is 5.05. The van der Waals surface area contributed by atoms with Crippen LogP contribution in [-0.2, 0) is 11.3 Å². The summed E-state index contributed by atoms with van der Waals surface area (Å²) in [5.41, 5.74) is 0.715. The second-order valence-corrected chi connectivity index (χ2v) is 8.90. The van der Waals surface area contributed by atoms with E-state index in [1.807, 2.05) is 6.07 Å². The maximum absolute atomic E-state index is 13.1. The zero-order valence-corrected chi connectivity index (χ0v) is 19.0. The van der Waals surface area contributed by atoms with Crippen molar-refractivity contribution in [1.82, 2.24) is 19.7 Å². The summed E-state index contributed by atoms with van der Waals surface area (Å²) >= 11 is 7.21. The van der Waals surface area contributed by atoms with E-state index in [9.17, 15) is 18.0 Å². The molecule has 0 bridgehead atoms. The summed E-state index contributed by atoms with van der Waals surface area (Å²) in [6.45, 7) is 0.00856. The number of rotatable bonds is 8. The molecule has 0 aliphatic carbocycles. The van der Waals surface area contributed by atoms with E-state index in [1.165, 1.54) is 12.3 Å². The Morgan fingerprint density at radius 1 is 1.18 bits per heavy atom. The molecule has 1 fully saturated rings. The lowest BCUT2D eigenvalue weighted by Gasteiger charge is -2.23. The van der Waals surface area contributed by atoms with Crippen molar-refractivity contribution in [3.05, 3.63) is 53.4 Å². The summed E-state index contributed by atoms with van der Waals surface area (Å²) in [4.78, 5) is 15.6. The Bertz CT molecular complexity index is 1080. The summed E-state index contributed by atoms with van der Waals surface area (Å²) in [7, 11) is 0. The summed E-state index contributed by atoms with van der Waals surface area (Å²) < 4.78 is 46.2. The molecule has 12 heteroatoms. The van der Waals surface area contributed by atoms with E-state index in [4.69, 9.17) is 16.0 Å². The molecule has 1 aromatic carbocycles. The fourth-order valence-electron chi connectivity index (χ4n) is 3.58. The van der Waals surface area contributed by atoms with Crippen LogP contribution in [0.15, 0.2) is 52.2 Å². The average Bonchev–Trinajstić information content (AvgIpc) is 3.51. The van der Waals surface area contributed by atoms with Crippen molar-refractivity contribution < 1.29 is 22.4 Å². The molecule has 0 atom stereocenters. The van der Waals surface area contributed by atoms with E-state index in [1.54, 1.807) is 28.8 Å². The van der Waals surface area contributed by atoms with Gasteiger partial charge in [-0.2, -0.15) is 13.2 Å². The van der Waals surface area contributed by atoms with Gasteiger partial charge >= 0.3 is 6.18 Å². The van der Waals surface area contributed by atoms with Crippen LogP contribution in [0.4, 0.5) is 19.1 Å². The van der Waals surface area contributed by atoms with E-state index in [0.717, 1.165) is 42.6 Å². The van der Waals surface area contributed by atoms with Crippen LogP contribution in [0, 0.1) is 0 Å². The molecule has 0 unspecified atom stereocenters. The number of halogens is 4. The van der Waals surface area contributed by atoms with Gasteiger partial charge in [0.2, 0.25) is 11.9 Å². The lowest BCUT2D eigenvalue weighted by molar-refractivity contribution is -0.161. The Morgan fingerprint density at radius 2 is 1.97 bits per heavy atom. The van der Waals surface area contributed by atoms with E-state index in [2.05, 4.69) is 15.1 Å². The molecule has 1 aliphatic heterocycles. The van der Waals surface area contributed by atoms with Crippen molar-refractivity contribution in [2.45, 2.75) is 30.7 Å². The first-order valence-corrected chi connectivity index (χ1v) is 11.6. The lowest BCUT2D eigenvalue weighted by atomic mass is 10.3. The van der Waals surface area contributed by atoms with Gasteiger partial charge in [-0.3, -0.25) is 9.36 Å². The number of carbonyl (C=O) groups is 1. The standard InChI is InChI=1S/C21H21ClF3N5O2S/c22-15-5-3-6-16(11-15)30-19(28-8-1-2-9-28)26-27-20(30)33-13-18(31)29(14-21(23,24)25)12-17-7-4-10-32-17/h3-7,10-11H,1-2,8-9,12-14H2. The number of furan rings is 1. The number of hydrogen-bond donors (Lipinski definition) is 0. The van der Waals surface area contributed by atoms with Crippen LogP contribution in [0.25, 0.3) is 5.69 Å². The zero-order valence-electron chi connectivity index (χ0n) is 17.5. The van der Waals surface area contributed by atoms with Gasteiger partial charge in [-0.1, -0.05) is 29.4 Å². The highest BCUT2D eigenvalue weighted by Gasteiger charge is 2.33. The number of hydrogen-bond acceptors (Lipinski definition) is 6. The highest BCUT2D eigenvalue weighted by atomic mass is 35.5. The van der Waals surface area contributed by atoms with Crippen LogP contribution in [-0.4, -0.2) is 57.1 Å². The molecular formula is C21H21ClF3N5O2S. The second-order valence-electron chi connectivity index (χ2n) is 7.53. The fraction of sp³-hybridized carbons (Fsp3) is 0.381. The molecule has 4 rings (SSSR count). The number of aromatic nitrogens is 3. The second kappa shape index (κ2) is 10.1.